The lowest BCUT2D eigenvalue weighted by Gasteiger charge is -2.42. The van der Waals surface area contributed by atoms with E-state index in [4.69, 9.17) is 0 Å². The fourth-order valence-corrected chi connectivity index (χ4v) is 7.92. The van der Waals surface area contributed by atoms with E-state index in [1.54, 1.807) is 0 Å². The second-order valence-corrected chi connectivity index (χ2v) is 15.0. The number of rotatable bonds is 15. The summed E-state index contributed by atoms with van der Waals surface area (Å²) in [6.07, 6.45) is -12.6. The van der Waals surface area contributed by atoms with E-state index >= 15 is 0 Å². The first kappa shape index (κ1) is 44.9. The number of nitro groups is 1. The summed E-state index contributed by atoms with van der Waals surface area (Å²) in [6.45, 7) is 1.06. The lowest BCUT2D eigenvalue weighted by atomic mass is 9.88. The van der Waals surface area contributed by atoms with Crippen LogP contribution in [0.4, 0.5) is 86.0 Å². The van der Waals surface area contributed by atoms with E-state index in [9.17, 15) is 98.0 Å². The number of benzene rings is 2. The van der Waals surface area contributed by atoms with Crippen LogP contribution in [0.5, 0.6) is 0 Å². The molecular weight excluding hydrogens is 879 g/mol. The van der Waals surface area contributed by atoms with Crippen molar-refractivity contribution in [1.82, 2.24) is 0 Å². The summed E-state index contributed by atoms with van der Waals surface area (Å²) in [6, 6.07) is 6.92. The Hall–Kier alpha value is -3.45. The van der Waals surface area contributed by atoms with Crippen LogP contribution in [0.1, 0.15) is 30.9 Å². The summed E-state index contributed by atoms with van der Waals surface area (Å²) in [5, 5.41) is 11.7. The summed E-state index contributed by atoms with van der Waals surface area (Å²) in [5.41, 5.74) is -2.52. The van der Waals surface area contributed by atoms with Gasteiger partial charge in [-0.15, -0.1) is 0 Å². The molecule has 7 nitrogen and oxygen atoms in total. The lowest BCUT2D eigenvalue weighted by Crippen LogP contribution is -2.74. The summed E-state index contributed by atoms with van der Waals surface area (Å²) in [5.74, 6) is -63.0. The fourth-order valence-electron chi connectivity index (χ4n) is 5.43. The molecule has 0 aliphatic carbocycles. The molecule has 1 unspecified atom stereocenters. The number of nitro benzene ring substituents is 1. The lowest BCUT2D eigenvalue weighted by molar-refractivity contribution is -0.461. The van der Waals surface area contributed by atoms with Crippen LogP contribution in [0.2, 0.25) is 0 Å². The van der Waals surface area contributed by atoms with Gasteiger partial charge >= 0.3 is 47.6 Å². The van der Waals surface area contributed by atoms with Gasteiger partial charge in [0.2, 0.25) is 0 Å². The number of para-hydroxylation sites is 1. The Kier molecular flexibility index (Phi) is 11.3. The number of carbonyl (C=O) groups excluding carboxylic acids is 1. The molecule has 0 spiro atoms. The van der Waals surface area contributed by atoms with Gasteiger partial charge in [-0.1, -0.05) is 41.1 Å². The first-order valence-electron chi connectivity index (χ1n) is 14.4. The van der Waals surface area contributed by atoms with Crippen LogP contribution in [0.15, 0.2) is 46.9 Å². The van der Waals surface area contributed by atoms with Crippen LogP contribution >= 0.6 is 15.9 Å². The molecule has 2 aromatic rings. The Labute approximate surface area is 299 Å². The van der Waals surface area contributed by atoms with Crippen molar-refractivity contribution in [2.75, 3.05) is 17.2 Å². The third-order valence-corrected chi connectivity index (χ3v) is 11.2. The number of fused-ring (bicyclic) bond motifs is 1. The van der Waals surface area contributed by atoms with Gasteiger partial charge in [0.05, 0.1) is 10.7 Å². The maximum atomic E-state index is 14.9. The van der Waals surface area contributed by atoms with E-state index in [1.807, 2.05) is 0 Å². The molecule has 0 radical (unpaired) electrons. The number of anilines is 1. The monoisotopic (exact) mass is 898 g/mol. The molecule has 1 aliphatic rings. The topological polar surface area (TPSA) is 97.6 Å². The van der Waals surface area contributed by atoms with Crippen LogP contribution in [0.25, 0.3) is 0 Å². The Balaban J connectivity index is 2.20. The smallest absolute Gasteiger partial charge is 0.310 e. The zero-order valence-corrected chi connectivity index (χ0v) is 28.6. The number of alkyl halides is 17. The number of hydrogen-bond donors (Lipinski definition) is 0. The number of sulfone groups is 1. The normalized spacial score (nSPS) is 18.3. The van der Waals surface area contributed by atoms with Crippen molar-refractivity contribution in [3.63, 3.8) is 0 Å². The summed E-state index contributed by atoms with van der Waals surface area (Å²) in [4.78, 5) is 25.3. The van der Waals surface area contributed by atoms with Gasteiger partial charge in [-0.3, -0.25) is 14.9 Å². The quantitative estimate of drug-likeness (QED) is 0.101. The minimum atomic E-state index is -8.88. The summed E-state index contributed by atoms with van der Waals surface area (Å²) < 4.78 is 260. The van der Waals surface area contributed by atoms with Crippen molar-refractivity contribution in [2.24, 2.45) is 0 Å². The number of amides is 1. The van der Waals surface area contributed by atoms with Crippen LogP contribution < -0.4 is 4.90 Å². The van der Waals surface area contributed by atoms with Crippen molar-refractivity contribution < 1.29 is 92.8 Å². The van der Waals surface area contributed by atoms with Crippen molar-refractivity contribution >= 4 is 43.0 Å². The molecular formula is C28H20BrF17N2O5S. The Morgan fingerprint density at radius 3 is 1.72 bits per heavy atom. The van der Waals surface area contributed by atoms with Gasteiger partial charge in [0.1, 0.15) is 0 Å². The molecule has 26 heteroatoms. The maximum absolute atomic E-state index is 14.9. The Bertz CT molecular complexity index is 1910. The van der Waals surface area contributed by atoms with Crippen LogP contribution in [-0.2, 0) is 25.8 Å². The van der Waals surface area contributed by atoms with Gasteiger partial charge in [-0.2, -0.15) is 74.6 Å². The van der Waals surface area contributed by atoms with E-state index < -0.39 is 108 Å². The molecule has 1 aliphatic heterocycles. The van der Waals surface area contributed by atoms with E-state index in [-0.39, 0.29) is 23.1 Å². The third-order valence-electron chi connectivity index (χ3n) is 8.35. The SMILES string of the molecule is CCCN1C(=O)C(Cc2ccccc2[N+](=O)[O-])(S(=O)(=O)CCC(F)(F)C(F)(F)C(F)(F)C(F)(F)C(F)(F)C(F)(F)C(F)(F)C(F)(F)F)c2cc(Br)ccc21. The molecule has 304 valence electrons. The van der Waals surface area contributed by atoms with Gasteiger partial charge in [0.15, 0.2) is 14.6 Å². The van der Waals surface area contributed by atoms with Gasteiger partial charge < -0.3 is 4.90 Å². The van der Waals surface area contributed by atoms with Crippen molar-refractivity contribution in [2.45, 2.75) is 78.6 Å². The molecule has 0 fully saturated rings. The van der Waals surface area contributed by atoms with E-state index in [2.05, 4.69) is 15.9 Å². The molecule has 0 bridgehead atoms. The molecule has 0 aromatic heterocycles. The zero-order chi connectivity index (χ0) is 42.1. The fraction of sp³-hybridized carbons (Fsp3) is 0.536. The van der Waals surface area contributed by atoms with E-state index in [0.29, 0.717) is 4.90 Å². The van der Waals surface area contributed by atoms with Crippen molar-refractivity contribution in [3.05, 3.63) is 68.2 Å². The molecule has 0 saturated heterocycles. The average molecular weight is 899 g/mol. The Morgan fingerprint density at radius 2 is 1.24 bits per heavy atom. The van der Waals surface area contributed by atoms with Crippen LogP contribution in [0.3, 0.4) is 0 Å². The summed E-state index contributed by atoms with van der Waals surface area (Å²) in [7, 11) is -6.03. The number of hydrogen-bond acceptors (Lipinski definition) is 5. The van der Waals surface area contributed by atoms with Crippen molar-refractivity contribution in [1.29, 1.82) is 0 Å². The zero-order valence-electron chi connectivity index (χ0n) is 26.2. The number of nitrogens with zero attached hydrogens (tertiary/aromatic N) is 2. The predicted octanol–water partition coefficient (Wildman–Crippen LogP) is 9.37. The van der Waals surface area contributed by atoms with Crippen molar-refractivity contribution in [3.8, 4) is 0 Å². The first-order chi connectivity index (χ1) is 24.1. The van der Waals surface area contributed by atoms with Gasteiger partial charge in [0.25, 0.3) is 11.6 Å². The van der Waals surface area contributed by atoms with E-state index in [1.165, 1.54) is 13.0 Å². The van der Waals surface area contributed by atoms with Gasteiger partial charge in [-0.25, -0.2) is 8.42 Å². The number of carbonyl (C=O) groups is 1. The number of halogens is 18. The minimum absolute atomic E-state index is 0.0228. The minimum Gasteiger partial charge on any atom is -0.310 e. The van der Waals surface area contributed by atoms with E-state index in [0.717, 1.165) is 36.4 Å². The molecule has 3 rings (SSSR count). The highest BCUT2D eigenvalue weighted by atomic mass is 79.9. The maximum Gasteiger partial charge on any atom is 0.460 e. The highest BCUT2D eigenvalue weighted by molar-refractivity contribution is 9.10. The largest absolute Gasteiger partial charge is 0.460 e. The van der Waals surface area contributed by atoms with Crippen LogP contribution in [-0.4, -0.2) is 79.2 Å². The second-order valence-electron chi connectivity index (χ2n) is 11.7. The molecule has 54 heavy (non-hydrogen) atoms. The first-order valence-corrected chi connectivity index (χ1v) is 16.8. The molecule has 0 saturated carbocycles. The van der Waals surface area contributed by atoms with Crippen LogP contribution in [0, 0.1) is 10.1 Å². The standard InChI is InChI=1S/C28H20BrF17N2O5S/c1-2-10-47-18-8-7-15(29)12-16(18)20(19(47)49,13-14-5-3-4-6-17(14)48(50)51)54(52,53)11-9-21(30,31)22(32,33)23(34,35)24(36,37)25(38,39)26(40,41)27(42,43)28(44,45)46/h3-8,12H,2,9-11,13H2,1H3. The highest BCUT2D eigenvalue weighted by Gasteiger charge is 2.95. The Morgan fingerprint density at radius 1 is 0.759 bits per heavy atom. The highest BCUT2D eigenvalue weighted by Crippen LogP contribution is 2.64. The molecule has 2 aromatic carbocycles. The van der Waals surface area contributed by atoms with Gasteiger partial charge in [0, 0.05) is 46.7 Å². The second kappa shape index (κ2) is 13.6. The average Bonchev–Trinajstić information content (AvgIpc) is 3.26. The molecule has 1 heterocycles. The predicted molar refractivity (Wildman–Crippen MR) is 154 cm³/mol. The molecule has 1 amide bonds. The molecule has 0 N–H and O–H groups in total. The molecule has 1 atom stereocenters. The summed E-state index contributed by atoms with van der Waals surface area (Å²) >= 11 is 2.94. The van der Waals surface area contributed by atoms with Gasteiger partial charge in [-0.05, 0) is 24.6 Å². The third kappa shape index (κ3) is 6.34.